The van der Waals surface area contributed by atoms with Gasteiger partial charge < -0.3 is 9.84 Å². The Labute approximate surface area is 103 Å². The minimum atomic E-state index is -0.964. The molecule has 6 nitrogen and oxygen atoms in total. The lowest BCUT2D eigenvalue weighted by atomic mass is 10.0. The van der Waals surface area contributed by atoms with E-state index < -0.39 is 11.6 Å². The van der Waals surface area contributed by atoms with Crippen LogP contribution in [-0.2, 0) is 10.3 Å². The van der Waals surface area contributed by atoms with Crippen LogP contribution < -0.4 is 0 Å². The van der Waals surface area contributed by atoms with Crippen LogP contribution in [0.15, 0.2) is 18.3 Å². The number of rotatable bonds is 2. The number of nitrogens with zero attached hydrogens (tertiary/aromatic N) is 3. The van der Waals surface area contributed by atoms with Crippen LogP contribution in [0.5, 0.6) is 0 Å². The smallest absolute Gasteiger partial charge is 0.337 e. The Kier molecular flexibility index (Phi) is 2.34. The van der Waals surface area contributed by atoms with E-state index in [0.29, 0.717) is 18.1 Å². The average Bonchev–Trinajstić information content (AvgIpc) is 2.94. The molecule has 0 saturated carbocycles. The molecule has 1 unspecified atom stereocenters. The molecule has 1 aliphatic rings. The minimum Gasteiger partial charge on any atom is -0.478 e. The quantitative estimate of drug-likeness (QED) is 0.869. The second-order valence-electron chi connectivity index (χ2n) is 4.66. The summed E-state index contributed by atoms with van der Waals surface area (Å²) in [6, 6.07) is 3.17. The van der Waals surface area contributed by atoms with Gasteiger partial charge in [-0.15, -0.1) is 10.2 Å². The average molecular weight is 247 g/mol. The summed E-state index contributed by atoms with van der Waals surface area (Å²) in [5, 5.41) is 17.2. The highest BCUT2D eigenvalue weighted by Crippen LogP contribution is 2.34. The first kappa shape index (κ1) is 11.2. The molecule has 1 atom stereocenters. The van der Waals surface area contributed by atoms with Crippen molar-refractivity contribution in [3.8, 4) is 0 Å². The fraction of sp³-hybridized carbons (Fsp3) is 0.417. The van der Waals surface area contributed by atoms with Crippen molar-refractivity contribution in [2.24, 2.45) is 0 Å². The van der Waals surface area contributed by atoms with Crippen LogP contribution in [0.2, 0.25) is 0 Å². The van der Waals surface area contributed by atoms with Gasteiger partial charge in [0.05, 0.1) is 5.56 Å². The summed E-state index contributed by atoms with van der Waals surface area (Å²) in [7, 11) is 0. The number of carbonyl (C=O) groups is 1. The Hall–Kier alpha value is -1.95. The van der Waals surface area contributed by atoms with Gasteiger partial charge in [-0.1, -0.05) is 0 Å². The lowest BCUT2D eigenvalue weighted by Crippen LogP contribution is -2.23. The van der Waals surface area contributed by atoms with E-state index in [-0.39, 0.29) is 5.56 Å². The maximum absolute atomic E-state index is 11.0. The third-order valence-electron chi connectivity index (χ3n) is 3.34. The fourth-order valence-electron chi connectivity index (χ4n) is 2.33. The number of hydrogen-bond donors (Lipinski definition) is 1. The third-order valence-corrected chi connectivity index (χ3v) is 3.34. The number of hydrogen-bond acceptors (Lipinski definition) is 4. The number of carboxylic acids is 1. The molecule has 18 heavy (non-hydrogen) atoms. The second kappa shape index (κ2) is 3.78. The van der Waals surface area contributed by atoms with Crippen LogP contribution in [0.3, 0.4) is 0 Å². The summed E-state index contributed by atoms with van der Waals surface area (Å²) in [6.07, 6.45) is 3.38. The first-order chi connectivity index (χ1) is 8.60. The summed E-state index contributed by atoms with van der Waals surface area (Å²) in [5.74, 6) is -0.299. The van der Waals surface area contributed by atoms with Crippen molar-refractivity contribution in [3.63, 3.8) is 0 Å². The molecule has 94 valence electrons. The van der Waals surface area contributed by atoms with Crippen LogP contribution in [0.25, 0.3) is 5.65 Å². The summed E-state index contributed by atoms with van der Waals surface area (Å²) >= 11 is 0. The van der Waals surface area contributed by atoms with Crippen molar-refractivity contribution in [1.29, 1.82) is 0 Å². The molecule has 2 aromatic heterocycles. The fourth-order valence-corrected chi connectivity index (χ4v) is 2.33. The molecule has 0 aliphatic carbocycles. The highest BCUT2D eigenvalue weighted by atomic mass is 16.5. The Balaban J connectivity index is 2.17. The molecule has 1 fully saturated rings. The number of carboxylic acid groups (broad SMARTS) is 1. The van der Waals surface area contributed by atoms with Gasteiger partial charge in [-0.05, 0) is 31.9 Å². The van der Waals surface area contributed by atoms with Gasteiger partial charge in [-0.25, -0.2) is 4.79 Å². The number of pyridine rings is 1. The topological polar surface area (TPSA) is 76.7 Å². The van der Waals surface area contributed by atoms with Crippen LogP contribution in [0.4, 0.5) is 0 Å². The predicted octanol–water partition coefficient (Wildman–Crippen LogP) is 1.45. The van der Waals surface area contributed by atoms with Crippen molar-refractivity contribution >= 4 is 11.6 Å². The van der Waals surface area contributed by atoms with E-state index in [0.717, 1.165) is 12.8 Å². The summed E-state index contributed by atoms with van der Waals surface area (Å²) in [5.41, 5.74) is 0.369. The molecule has 0 bridgehead atoms. The van der Waals surface area contributed by atoms with E-state index in [4.69, 9.17) is 9.84 Å². The Bertz CT molecular complexity index is 614. The van der Waals surface area contributed by atoms with Crippen molar-refractivity contribution in [2.75, 3.05) is 6.61 Å². The maximum atomic E-state index is 11.0. The third kappa shape index (κ3) is 1.57. The maximum Gasteiger partial charge on any atom is 0.337 e. The normalized spacial score (nSPS) is 23.6. The van der Waals surface area contributed by atoms with Crippen molar-refractivity contribution in [3.05, 3.63) is 29.7 Å². The van der Waals surface area contributed by atoms with Gasteiger partial charge in [0.2, 0.25) is 0 Å². The summed E-state index contributed by atoms with van der Waals surface area (Å²) in [4.78, 5) is 11.0. The summed E-state index contributed by atoms with van der Waals surface area (Å²) < 4.78 is 7.43. The van der Waals surface area contributed by atoms with Crippen LogP contribution in [0, 0.1) is 0 Å². The number of ether oxygens (including phenoxy) is 1. The Morgan fingerprint density at radius 3 is 3.00 bits per heavy atom. The zero-order valence-electron chi connectivity index (χ0n) is 9.96. The van der Waals surface area contributed by atoms with Crippen LogP contribution in [-0.4, -0.2) is 32.3 Å². The van der Waals surface area contributed by atoms with E-state index >= 15 is 0 Å². The minimum absolute atomic E-state index is 0.213. The van der Waals surface area contributed by atoms with Crippen molar-refractivity contribution in [2.45, 2.75) is 25.4 Å². The highest BCUT2D eigenvalue weighted by molar-refractivity contribution is 5.87. The molecule has 0 aromatic carbocycles. The molecule has 3 heterocycles. The largest absolute Gasteiger partial charge is 0.478 e. The van der Waals surface area contributed by atoms with Crippen molar-refractivity contribution in [1.82, 2.24) is 14.6 Å². The lowest BCUT2D eigenvalue weighted by Gasteiger charge is -2.20. The van der Waals surface area contributed by atoms with Crippen LogP contribution in [0.1, 0.15) is 35.9 Å². The van der Waals surface area contributed by atoms with Gasteiger partial charge in [-0.2, -0.15) is 0 Å². The molecule has 1 N–H and O–H groups in total. The molecular formula is C12H13N3O3. The lowest BCUT2D eigenvalue weighted by molar-refractivity contribution is 0.00850. The van der Waals surface area contributed by atoms with Gasteiger partial charge >= 0.3 is 5.97 Å². The van der Waals surface area contributed by atoms with Gasteiger partial charge in [0.1, 0.15) is 5.60 Å². The highest BCUT2D eigenvalue weighted by Gasteiger charge is 2.36. The first-order valence-corrected chi connectivity index (χ1v) is 5.83. The second-order valence-corrected chi connectivity index (χ2v) is 4.66. The zero-order valence-corrected chi connectivity index (χ0v) is 9.96. The first-order valence-electron chi connectivity index (χ1n) is 5.83. The molecule has 1 aliphatic heterocycles. The van der Waals surface area contributed by atoms with E-state index in [9.17, 15) is 4.79 Å². The number of fused-ring (bicyclic) bond motifs is 1. The molecule has 0 amide bonds. The SMILES string of the molecule is CC1(c2nnc3ccc(C(=O)O)cn23)CCCO1. The van der Waals surface area contributed by atoms with Crippen molar-refractivity contribution < 1.29 is 14.6 Å². The van der Waals surface area contributed by atoms with E-state index in [2.05, 4.69) is 10.2 Å². The number of aromatic nitrogens is 3. The zero-order chi connectivity index (χ0) is 12.8. The summed E-state index contributed by atoms with van der Waals surface area (Å²) in [6.45, 7) is 2.66. The molecule has 1 saturated heterocycles. The molecule has 0 radical (unpaired) electrons. The molecule has 2 aromatic rings. The predicted molar refractivity (Wildman–Crippen MR) is 62.5 cm³/mol. The Morgan fingerprint density at radius 1 is 1.50 bits per heavy atom. The Morgan fingerprint density at radius 2 is 2.33 bits per heavy atom. The standard InChI is InChI=1S/C12H13N3O3/c1-12(5-2-6-18-12)11-14-13-9-4-3-8(10(16)17)7-15(9)11/h3-4,7H,2,5-6H2,1H3,(H,16,17). The number of aromatic carboxylic acids is 1. The van der Waals surface area contributed by atoms with Gasteiger partial charge in [0.15, 0.2) is 11.5 Å². The molecular weight excluding hydrogens is 234 g/mol. The van der Waals surface area contributed by atoms with Gasteiger partial charge in [0, 0.05) is 12.8 Å². The molecule has 3 rings (SSSR count). The van der Waals surface area contributed by atoms with E-state index in [1.165, 1.54) is 6.07 Å². The molecule has 0 spiro atoms. The molecule has 6 heteroatoms. The van der Waals surface area contributed by atoms with Gasteiger partial charge in [0.25, 0.3) is 0 Å². The van der Waals surface area contributed by atoms with Gasteiger partial charge in [-0.3, -0.25) is 4.40 Å². The van der Waals surface area contributed by atoms with Crippen LogP contribution >= 0.6 is 0 Å². The monoisotopic (exact) mass is 247 g/mol. The van der Waals surface area contributed by atoms with E-state index in [1.807, 2.05) is 6.92 Å². The van der Waals surface area contributed by atoms with E-state index in [1.54, 1.807) is 16.7 Å².